The highest BCUT2D eigenvalue weighted by molar-refractivity contribution is 5.84. The largest absolute Gasteiger partial charge is 0.361 e. The molecule has 1 atom stereocenters. The summed E-state index contributed by atoms with van der Waals surface area (Å²) in [5.74, 6) is 1.63. The van der Waals surface area contributed by atoms with E-state index >= 15 is 0 Å². The average molecular weight is 399 g/mol. The molecule has 6 nitrogen and oxygen atoms in total. The van der Waals surface area contributed by atoms with Crippen LogP contribution in [-0.2, 0) is 17.6 Å². The molecule has 4 aromatic rings. The molecule has 152 valence electrons. The van der Waals surface area contributed by atoms with E-state index in [1.165, 1.54) is 10.9 Å². The Bertz CT molecular complexity index is 1150. The van der Waals surface area contributed by atoms with Gasteiger partial charge in [0.05, 0.1) is 0 Å². The second kappa shape index (κ2) is 8.14. The van der Waals surface area contributed by atoms with E-state index in [-0.39, 0.29) is 5.91 Å². The first-order valence-corrected chi connectivity index (χ1v) is 10.5. The molecule has 0 bridgehead atoms. The Morgan fingerprint density at radius 3 is 2.83 bits per heavy atom. The maximum atomic E-state index is 12.8. The topological polar surface area (TPSA) is 66.8 Å². The van der Waals surface area contributed by atoms with Gasteiger partial charge in [0.1, 0.15) is 12.2 Å². The highest BCUT2D eigenvalue weighted by Gasteiger charge is 2.27. The monoisotopic (exact) mass is 399 g/mol. The normalized spacial score (nSPS) is 16.4. The van der Waals surface area contributed by atoms with Crippen LogP contribution in [-0.4, -0.2) is 43.6 Å². The number of benzene rings is 2. The fraction of sp³-hybridized carbons (Fsp3) is 0.292. The second-order valence-electron chi connectivity index (χ2n) is 8.01. The van der Waals surface area contributed by atoms with E-state index in [9.17, 15) is 4.79 Å². The van der Waals surface area contributed by atoms with Gasteiger partial charge in [-0.3, -0.25) is 9.36 Å². The number of carbonyl (C=O) groups excluding carboxylic acids is 1. The summed E-state index contributed by atoms with van der Waals surface area (Å²) in [5, 5.41) is 9.65. The number of nitrogens with zero attached hydrogens (tertiary/aromatic N) is 4. The van der Waals surface area contributed by atoms with Gasteiger partial charge < -0.3 is 9.88 Å². The van der Waals surface area contributed by atoms with Crippen LogP contribution in [0.1, 0.15) is 24.2 Å². The van der Waals surface area contributed by atoms with Crippen molar-refractivity contribution in [1.29, 1.82) is 0 Å². The lowest BCUT2D eigenvalue weighted by Gasteiger charge is -2.16. The number of H-pyrrole nitrogens is 1. The van der Waals surface area contributed by atoms with Crippen molar-refractivity contribution in [3.05, 3.63) is 78.5 Å². The second-order valence-corrected chi connectivity index (χ2v) is 8.01. The minimum atomic E-state index is 0.243. The molecule has 2 aromatic heterocycles. The van der Waals surface area contributed by atoms with Crippen LogP contribution >= 0.6 is 0 Å². The Morgan fingerprint density at radius 2 is 1.93 bits per heavy atom. The molecule has 1 amide bonds. The molecule has 0 spiro atoms. The first-order valence-electron chi connectivity index (χ1n) is 10.5. The highest BCUT2D eigenvalue weighted by Crippen LogP contribution is 2.23. The van der Waals surface area contributed by atoms with E-state index in [4.69, 9.17) is 0 Å². The maximum absolute atomic E-state index is 12.8. The maximum Gasteiger partial charge on any atom is 0.222 e. The third-order valence-corrected chi connectivity index (χ3v) is 6.05. The average Bonchev–Trinajstić information content (AvgIpc) is 3.53. The van der Waals surface area contributed by atoms with Crippen LogP contribution < -0.4 is 0 Å². The minimum absolute atomic E-state index is 0.243. The van der Waals surface area contributed by atoms with Gasteiger partial charge in [0, 0.05) is 48.7 Å². The summed E-state index contributed by atoms with van der Waals surface area (Å²) in [6, 6.07) is 18.4. The molecule has 0 aliphatic carbocycles. The highest BCUT2D eigenvalue weighted by atomic mass is 16.2. The van der Waals surface area contributed by atoms with Crippen LogP contribution in [0.15, 0.2) is 67.1 Å². The van der Waals surface area contributed by atoms with Crippen molar-refractivity contribution < 1.29 is 4.79 Å². The molecule has 1 aliphatic heterocycles. The van der Waals surface area contributed by atoms with Gasteiger partial charge >= 0.3 is 0 Å². The van der Waals surface area contributed by atoms with Crippen molar-refractivity contribution in [2.24, 2.45) is 5.92 Å². The number of aryl methyl sites for hydroxylation is 1. The quantitative estimate of drug-likeness (QED) is 0.537. The molecule has 0 saturated carbocycles. The predicted molar refractivity (Wildman–Crippen MR) is 116 cm³/mol. The van der Waals surface area contributed by atoms with Crippen molar-refractivity contribution in [1.82, 2.24) is 24.6 Å². The number of nitrogens with one attached hydrogen (secondary N) is 1. The van der Waals surface area contributed by atoms with Gasteiger partial charge in [-0.25, -0.2) is 0 Å². The van der Waals surface area contributed by atoms with Gasteiger partial charge in [0.2, 0.25) is 5.91 Å². The first-order chi connectivity index (χ1) is 14.8. The number of carbonyl (C=O) groups is 1. The summed E-state index contributed by atoms with van der Waals surface area (Å²) >= 11 is 0. The molecule has 1 fully saturated rings. The number of hydrogen-bond donors (Lipinski definition) is 1. The van der Waals surface area contributed by atoms with Gasteiger partial charge in [-0.05, 0) is 42.5 Å². The molecule has 2 aromatic carbocycles. The third-order valence-electron chi connectivity index (χ3n) is 6.05. The minimum Gasteiger partial charge on any atom is -0.361 e. The molecular formula is C24H25N5O. The number of para-hydroxylation sites is 2. The fourth-order valence-corrected chi connectivity index (χ4v) is 4.42. The molecule has 3 heterocycles. The Morgan fingerprint density at radius 1 is 1.10 bits per heavy atom. The lowest BCUT2D eigenvalue weighted by molar-refractivity contribution is -0.130. The molecule has 30 heavy (non-hydrogen) atoms. The Labute approximate surface area is 175 Å². The summed E-state index contributed by atoms with van der Waals surface area (Å²) in [6.07, 6.45) is 6.97. The number of rotatable bonds is 6. The van der Waals surface area contributed by atoms with E-state index in [1.54, 1.807) is 6.33 Å². The molecule has 1 N–H and O–H groups in total. The van der Waals surface area contributed by atoms with Gasteiger partial charge in [-0.1, -0.05) is 36.4 Å². The number of hydrogen-bond acceptors (Lipinski definition) is 3. The Balaban J connectivity index is 1.18. The van der Waals surface area contributed by atoms with E-state index in [0.29, 0.717) is 12.3 Å². The number of aromatic amines is 1. The van der Waals surface area contributed by atoms with Gasteiger partial charge in [0.15, 0.2) is 0 Å². The summed E-state index contributed by atoms with van der Waals surface area (Å²) in [5.41, 5.74) is 3.41. The van der Waals surface area contributed by atoms with Crippen molar-refractivity contribution >= 4 is 16.8 Å². The zero-order valence-electron chi connectivity index (χ0n) is 16.9. The zero-order chi connectivity index (χ0) is 20.3. The number of aromatic nitrogens is 4. The number of likely N-dealkylation sites (tertiary alicyclic amines) is 1. The lowest BCUT2D eigenvalue weighted by atomic mass is 10.0. The van der Waals surface area contributed by atoms with Crippen molar-refractivity contribution in [2.75, 3.05) is 13.1 Å². The molecule has 6 heteroatoms. The lowest BCUT2D eigenvalue weighted by Crippen LogP contribution is -2.29. The first kappa shape index (κ1) is 18.6. The van der Waals surface area contributed by atoms with Crippen LogP contribution in [0.2, 0.25) is 0 Å². The van der Waals surface area contributed by atoms with E-state index in [0.717, 1.165) is 49.4 Å². The van der Waals surface area contributed by atoms with Crippen molar-refractivity contribution in [3.63, 3.8) is 0 Å². The molecule has 0 radical (unpaired) electrons. The Hall–Kier alpha value is -3.41. The molecule has 1 saturated heterocycles. The van der Waals surface area contributed by atoms with Gasteiger partial charge in [-0.2, -0.15) is 0 Å². The van der Waals surface area contributed by atoms with E-state index < -0.39 is 0 Å². The van der Waals surface area contributed by atoms with Gasteiger partial charge in [0.25, 0.3) is 0 Å². The Kier molecular flexibility index (Phi) is 5.05. The third kappa shape index (κ3) is 3.73. The summed E-state index contributed by atoms with van der Waals surface area (Å²) in [7, 11) is 0. The summed E-state index contributed by atoms with van der Waals surface area (Å²) in [6.45, 7) is 1.63. The van der Waals surface area contributed by atoms with Crippen molar-refractivity contribution in [2.45, 2.75) is 25.7 Å². The standard InChI is InChI=1S/C24H25N5O/c30-24(11-10-19-15-25-22-9-5-4-8-21(19)22)28-13-12-18(16-28)14-23-27-26-17-29(23)20-6-2-1-3-7-20/h1-9,15,17-18,25H,10-14,16H2. The zero-order valence-corrected chi connectivity index (χ0v) is 16.9. The molecule has 1 unspecified atom stereocenters. The van der Waals surface area contributed by atoms with Crippen LogP contribution in [0.4, 0.5) is 0 Å². The van der Waals surface area contributed by atoms with Gasteiger partial charge in [-0.15, -0.1) is 10.2 Å². The van der Waals surface area contributed by atoms with Crippen molar-refractivity contribution in [3.8, 4) is 5.69 Å². The predicted octanol–water partition coefficient (Wildman–Crippen LogP) is 3.77. The summed E-state index contributed by atoms with van der Waals surface area (Å²) in [4.78, 5) is 18.1. The molecular weight excluding hydrogens is 374 g/mol. The molecule has 1 aliphatic rings. The van der Waals surface area contributed by atoms with Crippen LogP contribution in [0.3, 0.4) is 0 Å². The van der Waals surface area contributed by atoms with E-state index in [2.05, 4.69) is 39.4 Å². The van der Waals surface area contributed by atoms with Crippen LogP contribution in [0.25, 0.3) is 16.6 Å². The number of fused-ring (bicyclic) bond motifs is 1. The number of amides is 1. The van der Waals surface area contributed by atoms with Crippen LogP contribution in [0, 0.1) is 5.92 Å². The van der Waals surface area contributed by atoms with Crippen LogP contribution in [0.5, 0.6) is 0 Å². The smallest absolute Gasteiger partial charge is 0.222 e. The van der Waals surface area contributed by atoms with E-state index in [1.807, 2.05) is 46.0 Å². The fourth-order valence-electron chi connectivity index (χ4n) is 4.42. The summed E-state index contributed by atoms with van der Waals surface area (Å²) < 4.78 is 2.04. The SMILES string of the molecule is O=C(CCc1c[nH]c2ccccc12)N1CCC(Cc2nncn2-c2ccccc2)C1. The molecule has 5 rings (SSSR count).